The summed E-state index contributed by atoms with van der Waals surface area (Å²) in [5.74, 6) is 0. The maximum atomic E-state index is 7.00. The molecule has 4 heteroatoms. The van der Waals surface area contributed by atoms with Crippen molar-refractivity contribution in [2.24, 2.45) is 0 Å². The van der Waals surface area contributed by atoms with Gasteiger partial charge in [0.05, 0.1) is 5.34 Å². The second kappa shape index (κ2) is 16.3. The van der Waals surface area contributed by atoms with Crippen molar-refractivity contribution in [1.29, 1.82) is 0 Å². The lowest BCUT2D eigenvalue weighted by Crippen LogP contribution is -1.58. The molecule has 0 aliphatic rings. The van der Waals surface area contributed by atoms with Crippen LogP contribution in [0.25, 0.3) is 0 Å². The predicted molar refractivity (Wildman–Crippen MR) is 49.0 cm³/mol. The normalized spacial score (nSPS) is 6.55. The lowest BCUT2D eigenvalue weighted by molar-refractivity contribution is 0.399. The highest BCUT2D eigenvalue weighted by Crippen LogP contribution is 1.73. The van der Waals surface area contributed by atoms with Crippen LogP contribution >= 0.6 is 23.2 Å². The maximum Gasteiger partial charge on any atom is 0.0967 e. The summed E-state index contributed by atoms with van der Waals surface area (Å²) in [6.07, 6.45) is 3.50. The van der Waals surface area contributed by atoms with E-state index in [1.165, 1.54) is 0 Å². The van der Waals surface area contributed by atoms with Gasteiger partial charge in [0.1, 0.15) is 0 Å². The Bertz CT molecular complexity index is 99.3. The number of aliphatic hydroxyl groups is 1. The average Bonchev–Trinajstić information content (AvgIpc) is 2.12. The van der Waals surface area contributed by atoms with E-state index in [1.54, 1.807) is 12.4 Å². The van der Waals surface area contributed by atoms with Crippen LogP contribution in [-0.2, 0) is 0 Å². The first-order valence-electron chi connectivity index (χ1n) is 2.83. The number of aliphatic hydroxyl groups excluding tert-OH is 1. The van der Waals surface area contributed by atoms with Crippen molar-refractivity contribution in [3.8, 4) is 0 Å². The average molecular weight is 196 g/mol. The van der Waals surface area contributed by atoms with Crippen LogP contribution in [0.4, 0.5) is 0 Å². The van der Waals surface area contributed by atoms with Crippen LogP contribution in [0.3, 0.4) is 0 Å². The lowest BCUT2D eigenvalue weighted by atomic mass is 10.5. The molecule has 0 aliphatic carbocycles. The van der Waals surface area contributed by atoms with Gasteiger partial charge in [0.25, 0.3) is 0 Å². The Morgan fingerprint density at radius 3 is 1.55 bits per heavy atom. The van der Waals surface area contributed by atoms with Gasteiger partial charge < -0.3 is 5.11 Å². The molecule has 0 aliphatic heterocycles. The van der Waals surface area contributed by atoms with Gasteiger partial charge in [-0.1, -0.05) is 6.07 Å². The summed E-state index contributed by atoms with van der Waals surface area (Å²) in [4.78, 5) is 3.78. The molecular formula is C7H11Cl2NO. The van der Waals surface area contributed by atoms with Crippen molar-refractivity contribution in [2.45, 2.75) is 0 Å². The Morgan fingerprint density at radius 1 is 1.09 bits per heavy atom. The smallest absolute Gasteiger partial charge is 0.0967 e. The fourth-order valence-electron chi connectivity index (χ4n) is 0.313. The van der Waals surface area contributed by atoms with E-state index in [-0.39, 0.29) is 5.34 Å². The Hall–Kier alpha value is -0.310. The minimum absolute atomic E-state index is 0.194. The SMILES string of the molecule is CO.ClCCl.c1ccncc1. The third-order valence-corrected chi connectivity index (χ3v) is 0.566. The van der Waals surface area contributed by atoms with E-state index in [0.717, 1.165) is 7.11 Å². The molecule has 64 valence electrons. The summed E-state index contributed by atoms with van der Waals surface area (Å²) in [6.45, 7) is 0. The quantitative estimate of drug-likeness (QED) is 0.644. The summed E-state index contributed by atoms with van der Waals surface area (Å²) in [6, 6.07) is 5.72. The number of hydrogen-bond donors (Lipinski definition) is 1. The van der Waals surface area contributed by atoms with Crippen molar-refractivity contribution in [3.63, 3.8) is 0 Å². The molecule has 0 spiro atoms. The molecule has 0 saturated heterocycles. The van der Waals surface area contributed by atoms with Crippen LogP contribution in [0.1, 0.15) is 0 Å². The molecule has 11 heavy (non-hydrogen) atoms. The number of rotatable bonds is 0. The van der Waals surface area contributed by atoms with Gasteiger partial charge in [-0.2, -0.15) is 0 Å². The Morgan fingerprint density at radius 2 is 1.45 bits per heavy atom. The van der Waals surface area contributed by atoms with E-state index >= 15 is 0 Å². The van der Waals surface area contributed by atoms with Crippen LogP contribution in [0.5, 0.6) is 0 Å². The van der Waals surface area contributed by atoms with Gasteiger partial charge in [-0.15, -0.1) is 23.2 Å². The molecule has 1 heterocycles. The Kier molecular flexibility index (Phi) is 19.8. The molecule has 0 saturated carbocycles. The van der Waals surface area contributed by atoms with Crippen molar-refractivity contribution >= 4 is 23.2 Å². The first kappa shape index (κ1) is 13.3. The molecule has 0 bridgehead atoms. The first-order valence-corrected chi connectivity index (χ1v) is 3.90. The zero-order valence-corrected chi connectivity index (χ0v) is 7.76. The molecule has 1 aromatic rings. The number of nitrogens with zero attached hydrogens (tertiary/aromatic N) is 1. The minimum Gasteiger partial charge on any atom is -0.400 e. The molecule has 0 atom stereocenters. The van der Waals surface area contributed by atoms with Crippen molar-refractivity contribution in [2.75, 3.05) is 12.4 Å². The first-order chi connectivity index (χ1) is 5.41. The van der Waals surface area contributed by atoms with Gasteiger partial charge in [0, 0.05) is 19.5 Å². The maximum absolute atomic E-state index is 7.00. The highest BCUT2D eigenvalue weighted by atomic mass is 35.5. The van der Waals surface area contributed by atoms with Crippen LogP contribution in [0, 0.1) is 0 Å². The summed E-state index contributed by atoms with van der Waals surface area (Å²) < 4.78 is 0. The monoisotopic (exact) mass is 195 g/mol. The third-order valence-electron chi connectivity index (χ3n) is 0.566. The Labute approximate surface area is 76.8 Å². The van der Waals surface area contributed by atoms with E-state index in [4.69, 9.17) is 28.3 Å². The van der Waals surface area contributed by atoms with Gasteiger partial charge >= 0.3 is 0 Å². The van der Waals surface area contributed by atoms with Crippen LogP contribution in [0.15, 0.2) is 30.6 Å². The van der Waals surface area contributed by atoms with E-state index in [2.05, 4.69) is 4.98 Å². The molecule has 1 N–H and O–H groups in total. The molecule has 0 radical (unpaired) electrons. The molecule has 0 amide bonds. The number of aromatic nitrogens is 1. The zero-order chi connectivity index (χ0) is 8.95. The fourth-order valence-corrected chi connectivity index (χ4v) is 0.313. The molecule has 0 unspecified atom stereocenters. The van der Waals surface area contributed by atoms with E-state index < -0.39 is 0 Å². The lowest BCUT2D eigenvalue weighted by Gasteiger charge is -1.70. The van der Waals surface area contributed by atoms with Crippen molar-refractivity contribution in [1.82, 2.24) is 4.98 Å². The molecular weight excluding hydrogens is 185 g/mol. The number of alkyl halides is 2. The summed E-state index contributed by atoms with van der Waals surface area (Å²) >= 11 is 9.53. The third kappa shape index (κ3) is 17.7. The van der Waals surface area contributed by atoms with E-state index in [0.29, 0.717) is 0 Å². The largest absolute Gasteiger partial charge is 0.400 e. The van der Waals surface area contributed by atoms with E-state index in [1.807, 2.05) is 18.2 Å². The second-order valence-corrected chi connectivity index (χ2v) is 1.93. The highest BCUT2D eigenvalue weighted by molar-refractivity contribution is 6.40. The minimum atomic E-state index is 0.194. The van der Waals surface area contributed by atoms with Gasteiger partial charge in [-0.25, -0.2) is 0 Å². The van der Waals surface area contributed by atoms with Crippen molar-refractivity contribution in [3.05, 3.63) is 30.6 Å². The Balaban J connectivity index is 0. The molecule has 1 rings (SSSR count). The highest BCUT2D eigenvalue weighted by Gasteiger charge is 1.58. The number of halogens is 2. The van der Waals surface area contributed by atoms with Gasteiger partial charge in [0.2, 0.25) is 0 Å². The predicted octanol–water partition coefficient (Wildman–Crippen LogP) is 2.11. The summed E-state index contributed by atoms with van der Waals surface area (Å²) in [5, 5.41) is 7.19. The number of pyridine rings is 1. The topological polar surface area (TPSA) is 33.1 Å². The van der Waals surface area contributed by atoms with Gasteiger partial charge in [0.15, 0.2) is 0 Å². The van der Waals surface area contributed by atoms with Crippen molar-refractivity contribution < 1.29 is 5.11 Å². The second-order valence-electron chi connectivity index (χ2n) is 1.13. The van der Waals surface area contributed by atoms with Gasteiger partial charge in [-0.3, -0.25) is 4.98 Å². The summed E-state index contributed by atoms with van der Waals surface area (Å²) in [5.41, 5.74) is 0. The number of hydrogen-bond acceptors (Lipinski definition) is 2. The van der Waals surface area contributed by atoms with Crippen LogP contribution < -0.4 is 0 Å². The zero-order valence-electron chi connectivity index (χ0n) is 6.24. The fraction of sp³-hybridized carbons (Fsp3) is 0.286. The molecule has 0 fully saturated rings. The van der Waals surface area contributed by atoms with E-state index in [9.17, 15) is 0 Å². The molecule has 2 nitrogen and oxygen atoms in total. The van der Waals surface area contributed by atoms with Crippen LogP contribution in [-0.4, -0.2) is 22.5 Å². The van der Waals surface area contributed by atoms with Crippen LogP contribution in [0.2, 0.25) is 0 Å². The van der Waals surface area contributed by atoms with Gasteiger partial charge in [-0.05, 0) is 12.1 Å². The molecule has 1 aromatic heterocycles. The molecule has 0 aromatic carbocycles. The summed E-state index contributed by atoms with van der Waals surface area (Å²) in [7, 11) is 1.00. The standard InChI is InChI=1S/C5H5N.CH2Cl2.CH4O/c1-2-4-6-5-3-1;2-1-3;1-2/h1-5H;1H2;2H,1H3.